The summed E-state index contributed by atoms with van der Waals surface area (Å²) in [6, 6.07) is 14.1. The van der Waals surface area contributed by atoms with E-state index in [0.717, 1.165) is 30.4 Å². The highest BCUT2D eigenvalue weighted by Crippen LogP contribution is 2.27. The second kappa shape index (κ2) is 19.0. The summed E-state index contributed by atoms with van der Waals surface area (Å²) in [6.07, 6.45) is 19.1. The fraction of sp³-hybridized carbons (Fsp3) is 0.548. The largest absolute Gasteiger partial charge is 0.341 e. The van der Waals surface area contributed by atoms with E-state index in [-0.39, 0.29) is 21.5 Å². The molecule has 0 unspecified atom stereocenters. The Morgan fingerprint density at radius 1 is 0.649 bits per heavy atom. The molecule has 2 rings (SSSR count). The Morgan fingerprint density at radius 2 is 1.16 bits per heavy atom. The second-order valence-electron chi connectivity index (χ2n) is 9.85. The molecule has 0 spiro atoms. The van der Waals surface area contributed by atoms with Gasteiger partial charge in [-0.2, -0.15) is 0 Å². The summed E-state index contributed by atoms with van der Waals surface area (Å²) in [4.78, 5) is 25.1. The van der Waals surface area contributed by atoms with E-state index in [0.29, 0.717) is 0 Å². The van der Waals surface area contributed by atoms with Crippen LogP contribution >= 0.6 is 19.8 Å². The first-order chi connectivity index (χ1) is 18.0. The van der Waals surface area contributed by atoms with Crippen molar-refractivity contribution in [2.75, 3.05) is 0 Å². The van der Waals surface area contributed by atoms with Gasteiger partial charge in [-0.1, -0.05) is 133 Å². The zero-order valence-electron chi connectivity index (χ0n) is 22.4. The van der Waals surface area contributed by atoms with Crippen molar-refractivity contribution in [3.63, 3.8) is 0 Å². The highest BCUT2D eigenvalue weighted by Gasteiger charge is 2.18. The van der Waals surface area contributed by atoms with Gasteiger partial charge < -0.3 is 0 Å². The maximum Gasteiger partial charge on any atom is 0.341 e. The molecular formula is C31H44INO4. The van der Waals surface area contributed by atoms with Crippen molar-refractivity contribution >= 4 is 31.6 Å². The number of carbonyl (C=O) groups excluding carboxylic acids is 2. The average Bonchev–Trinajstić information content (AvgIpc) is 2.91. The number of imide groups is 1. The summed E-state index contributed by atoms with van der Waals surface area (Å²) >= 11 is -3.89. The van der Waals surface area contributed by atoms with Crippen molar-refractivity contribution in [1.82, 2.24) is 5.32 Å². The number of carbonyl (C=O) groups is 2. The standard InChI is InChI=1S/C31H44INO4/c1-2-3-4-5-6-7-8-9-10-11-12-13-14-15-19-22-30(34)33-31(35)28-25-27(23-24-29(28)32(36)37)26-20-17-16-18-21-26/h16-18,20-21,23-25H,2-15,19,22H2,1H3,(H,33,34,35). The van der Waals surface area contributed by atoms with Crippen molar-refractivity contribution in [2.24, 2.45) is 0 Å². The van der Waals surface area contributed by atoms with Crippen LogP contribution < -0.4 is 5.32 Å². The molecule has 0 aliphatic rings. The molecule has 204 valence electrons. The topological polar surface area (TPSA) is 80.3 Å². The summed E-state index contributed by atoms with van der Waals surface area (Å²) in [6.45, 7) is 2.26. The molecular weight excluding hydrogens is 577 g/mol. The van der Waals surface area contributed by atoms with E-state index in [2.05, 4.69) is 12.2 Å². The van der Waals surface area contributed by atoms with E-state index >= 15 is 0 Å². The van der Waals surface area contributed by atoms with Crippen molar-refractivity contribution in [2.45, 2.75) is 110 Å². The van der Waals surface area contributed by atoms with Crippen LogP contribution in [0.5, 0.6) is 0 Å². The molecule has 0 heterocycles. The van der Waals surface area contributed by atoms with Gasteiger partial charge in [0.15, 0.2) is 0 Å². The molecule has 5 nitrogen and oxygen atoms in total. The van der Waals surface area contributed by atoms with Crippen LogP contribution in [0.15, 0.2) is 48.5 Å². The monoisotopic (exact) mass is 621 g/mol. The molecule has 0 saturated carbocycles. The number of hydrogen-bond donors (Lipinski definition) is 1. The van der Waals surface area contributed by atoms with Crippen LogP contribution in [0.4, 0.5) is 0 Å². The number of hydrogen-bond acceptors (Lipinski definition) is 4. The molecule has 0 saturated heterocycles. The average molecular weight is 622 g/mol. The predicted octanol–water partition coefficient (Wildman–Crippen LogP) is 9.24. The Labute approximate surface area is 230 Å². The Kier molecular flexibility index (Phi) is 16.0. The third-order valence-electron chi connectivity index (χ3n) is 6.74. The molecule has 0 aromatic heterocycles. The smallest absolute Gasteiger partial charge is 0.292 e. The SMILES string of the molecule is CCCCCCCCCCCCCCCCCC(=O)NC(=O)c1cc(-c2ccccc2)ccc1I(=O)=O. The minimum absolute atomic E-state index is 0.0150. The number of nitrogens with one attached hydrogen (secondary N) is 1. The molecule has 0 radical (unpaired) electrons. The normalized spacial score (nSPS) is 11.1. The molecule has 37 heavy (non-hydrogen) atoms. The van der Waals surface area contributed by atoms with E-state index in [1.54, 1.807) is 12.1 Å². The van der Waals surface area contributed by atoms with Gasteiger partial charge in [0.05, 0.1) is 9.13 Å². The van der Waals surface area contributed by atoms with E-state index in [9.17, 15) is 15.7 Å². The fourth-order valence-corrected chi connectivity index (χ4v) is 5.91. The second-order valence-corrected chi connectivity index (χ2v) is 12.3. The quantitative estimate of drug-likeness (QED) is 0.125. The van der Waals surface area contributed by atoms with Crippen molar-refractivity contribution in [3.05, 3.63) is 57.7 Å². The summed E-state index contributed by atoms with van der Waals surface area (Å²) < 4.78 is 23.5. The predicted molar refractivity (Wildman–Crippen MR) is 158 cm³/mol. The molecule has 0 aliphatic carbocycles. The van der Waals surface area contributed by atoms with Gasteiger partial charge in [0.25, 0.3) is 5.91 Å². The summed E-state index contributed by atoms with van der Waals surface area (Å²) in [5.41, 5.74) is 1.66. The molecule has 2 aromatic carbocycles. The van der Waals surface area contributed by atoms with Gasteiger partial charge in [-0.3, -0.25) is 14.9 Å². The molecule has 0 fully saturated rings. The van der Waals surface area contributed by atoms with Gasteiger partial charge in [0.1, 0.15) is 0 Å². The van der Waals surface area contributed by atoms with Crippen molar-refractivity contribution in [1.29, 1.82) is 0 Å². The number of amides is 2. The first-order valence-corrected chi connectivity index (χ1v) is 17.0. The summed E-state index contributed by atoms with van der Waals surface area (Å²) in [5, 5.41) is 2.39. The van der Waals surface area contributed by atoms with Gasteiger partial charge in [-0.25, -0.2) is 6.14 Å². The summed E-state index contributed by atoms with van der Waals surface area (Å²) in [7, 11) is 0. The Balaban J connectivity index is 1.61. The molecule has 6 heteroatoms. The number of rotatable bonds is 19. The zero-order valence-corrected chi connectivity index (χ0v) is 24.6. The van der Waals surface area contributed by atoms with Crippen molar-refractivity contribution < 1.29 is 15.7 Å². The zero-order chi connectivity index (χ0) is 26.7. The molecule has 0 bridgehead atoms. The van der Waals surface area contributed by atoms with Crippen molar-refractivity contribution in [3.8, 4) is 11.1 Å². The molecule has 0 aliphatic heterocycles. The van der Waals surface area contributed by atoms with Crippen LogP contribution in [0.1, 0.15) is 120 Å². The van der Waals surface area contributed by atoms with Gasteiger partial charge in [0, 0.05) is 6.42 Å². The molecule has 2 amide bonds. The van der Waals surface area contributed by atoms with Gasteiger partial charge >= 0.3 is 19.8 Å². The van der Waals surface area contributed by atoms with Gasteiger partial charge in [-0.15, -0.1) is 0 Å². The minimum Gasteiger partial charge on any atom is -0.292 e. The van der Waals surface area contributed by atoms with E-state index in [1.807, 2.05) is 30.3 Å². The lowest BCUT2D eigenvalue weighted by molar-refractivity contribution is -0.120. The van der Waals surface area contributed by atoms with Crippen LogP contribution in [0.3, 0.4) is 0 Å². The minimum atomic E-state index is -3.89. The van der Waals surface area contributed by atoms with Gasteiger partial charge in [-0.05, 0) is 29.7 Å². The lowest BCUT2D eigenvalue weighted by atomic mass is 10.0. The first-order valence-electron chi connectivity index (χ1n) is 14.1. The number of benzene rings is 2. The number of unbranched alkanes of at least 4 members (excludes halogenated alkanes) is 14. The Bertz CT molecular complexity index is 1010. The molecule has 2 aromatic rings. The highest BCUT2D eigenvalue weighted by atomic mass is 127. The van der Waals surface area contributed by atoms with Crippen LogP contribution in [0, 0.1) is 3.57 Å². The Morgan fingerprint density at radius 3 is 1.68 bits per heavy atom. The van der Waals surface area contributed by atoms with E-state index in [1.165, 1.54) is 83.1 Å². The first kappa shape index (κ1) is 31.1. The van der Waals surface area contributed by atoms with Crippen LogP contribution in [0.2, 0.25) is 0 Å². The van der Waals surface area contributed by atoms with Crippen LogP contribution in [-0.4, -0.2) is 11.8 Å². The fourth-order valence-electron chi connectivity index (χ4n) is 4.56. The van der Waals surface area contributed by atoms with E-state index < -0.39 is 25.7 Å². The lowest BCUT2D eigenvalue weighted by Crippen LogP contribution is -2.30. The Hall–Kier alpha value is -2.09. The maximum absolute atomic E-state index is 12.7. The molecule has 0 atom stereocenters. The third-order valence-corrected chi connectivity index (χ3v) is 8.63. The molecule has 1 N–H and O–H groups in total. The number of halogens is 1. The van der Waals surface area contributed by atoms with Crippen LogP contribution in [0.25, 0.3) is 11.1 Å². The van der Waals surface area contributed by atoms with Gasteiger partial charge in [0.2, 0.25) is 5.91 Å². The lowest BCUT2D eigenvalue weighted by Gasteiger charge is -2.09. The van der Waals surface area contributed by atoms with E-state index in [4.69, 9.17) is 0 Å². The highest BCUT2D eigenvalue weighted by molar-refractivity contribution is 14.2. The summed E-state index contributed by atoms with van der Waals surface area (Å²) in [5.74, 6) is -0.999. The maximum atomic E-state index is 12.7. The third kappa shape index (κ3) is 12.8. The van der Waals surface area contributed by atoms with Crippen LogP contribution in [-0.2, 0) is 10.9 Å².